The van der Waals surface area contributed by atoms with Gasteiger partial charge in [0, 0.05) is 22.8 Å². The molecule has 0 radical (unpaired) electrons. The fraction of sp³-hybridized carbons (Fsp3) is 0.417. The van der Waals surface area contributed by atoms with E-state index in [4.69, 9.17) is 0 Å². The highest BCUT2D eigenvalue weighted by molar-refractivity contribution is 7.09. The molecule has 0 saturated heterocycles. The molecule has 0 aliphatic carbocycles. The first-order valence-corrected chi connectivity index (χ1v) is 6.43. The van der Waals surface area contributed by atoms with Crippen LogP contribution in [0.3, 0.4) is 0 Å². The average Bonchev–Trinajstić information content (AvgIpc) is 2.63. The van der Waals surface area contributed by atoms with Gasteiger partial charge in [0.25, 0.3) is 0 Å². The molecule has 0 aliphatic rings. The lowest BCUT2D eigenvalue weighted by molar-refractivity contribution is 0.847. The summed E-state index contributed by atoms with van der Waals surface area (Å²) in [6, 6.07) is 2.12. The van der Waals surface area contributed by atoms with Crippen molar-refractivity contribution in [1.29, 1.82) is 0 Å². The minimum absolute atomic E-state index is 0.169. The van der Waals surface area contributed by atoms with Crippen molar-refractivity contribution in [1.82, 2.24) is 15.0 Å². The molecule has 0 aliphatic heterocycles. The molecule has 1 atom stereocenters. The fourth-order valence-electron chi connectivity index (χ4n) is 1.65. The molecule has 1 N–H and O–H groups in total. The molecular weight excluding hydrogens is 232 g/mol. The first kappa shape index (κ1) is 12.0. The maximum absolute atomic E-state index is 4.46. The van der Waals surface area contributed by atoms with Gasteiger partial charge in [-0.3, -0.25) is 0 Å². The second kappa shape index (κ2) is 4.79. The van der Waals surface area contributed by atoms with E-state index < -0.39 is 0 Å². The van der Waals surface area contributed by atoms with Crippen LogP contribution in [0.2, 0.25) is 0 Å². The molecule has 1 unspecified atom stereocenters. The third-order valence-electron chi connectivity index (χ3n) is 2.34. The van der Waals surface area contributed by atoms with E-state index in [0.717, 1.165) is 28.0 Å². The van der Waals surface area contributed by atoms with E-state index in [1.807, 2.05) is 26.8 Å². The normalized spacial score (nSPS) is 12.5. The molecule has 0 amide bonds. The van der Waals surface area contributed by atoms with Gasteiger partial charge in [-0.15, -0.1) is 11.3 Å². The molecular formula is C12H16N4S. The molecule has 0 aromatic carbocycles. The van der Waals surface area contributed by atoms with E-state index >= 15 is 0 Å². The lowest BCUT2D eigenvalue weighted by Crippen LogP contribution is -2.09. The van der Waals surface area contributed by atoms with Gasteiger partial charge < -0.3 is 5.32 Å². The fourth-order valence-corrected chi connectivity index (χ4v) is 2.45. The highest BCUT2D eigenvalue weighted by atomic mass is 32.1. The summed E-state index contributed by atoms with van der Waals surface area (Å²) in [5, 5.41) is 6.49. The highest BCUT2D eigenvalue weighted by Gasteiger charge is 2.10. The molecule has 5 heteroatoms. The van der Waals surface area contributed by atoms with Gasteiger partial charge in [-0.05, 0) is 27.7 Å². The van der Waals surface area contributed by atoms with E-state index in [-0.39, 0.29) is 6.04 Å². The maximum atomic E-state index is 4.46. The Bertz CT molecular complexity index is 501. The standard InChI is InChI=1S/C12H16N4S/c1-7-5-11(16-10(4)13-7)15-9(3)12-14-8(2)6-17-12/h5-6,9H,1-4H3,(H,13,15,16). The SMILES string of the molecule is Cc1cc(NC(C)c2nc(C)cs2)nc(C)n1. The summed E-state index contributed by atoms with van der Waals surface area (Å²) in [4.78, 5) is 13.1. The Labute approximate surface area is 105 Å². The van der Waals surface area contributed by atoms with Crippen molar-refractivity contribution in [2.75, 3.05) is 5.32 Å². The van der Waals surface area contributed by atoms with Crippen LogP contribution in [0.4, 0.5) is 5.82 Å². The largest absolute Gasteiger partial charge is 0.361 e. The number of nitrogens with one attached hydrogen (secondary N) is 1. The van der Waals surface area contributed by atoms with Gasteiger partial charge in [-0.2, -0.15) is 0 Å². The summed E-state index contributed by atoms with van der Waals surface area (Å²) in [6.07, 6.45) is 0. The lowest BCUT2D eigenvalue weighted by Gasteiger charge is -2.12. The first-order valence-electron chi connectivity index (χ1n) is 5.55. The van der Waals surface area contributed by atoms with Crippen LogP contribution in [0.25, 0.3) is 0 Å². The molecule has 2 aromatic rings. The number of nitrogens with zero attached hydrogens (tertiary/aromatic N) is 3. The molecule has 0 fully saturated rings. The third-order valence-corrected chi connectivity index (χ3v) is 3.48. The van der Waals surface area contributed by atoms with Crippen LogP contribution in [0.5, 0.6) is 0 Å². The molecule has 0 spiro atoms. The van der Waals surface area contributed by atoms with Gasteiger partial charge in [0.1, 0.15) is 16.6 Å². The van der Waals surface area contributed by atoms with Crippen molar-refractivity contribution >= 4 is 17.2 Å². The van der Waals surface area contributed by atoms with Gasteiger partial charge in [-0.25, -0.2) is 15.0 Å². The van der Waals surface area contributed by atoms with Gasteiger partial charge in [0.15, 0.2) is 0 Å². The molecule has 2 aromatic heterocycles. The molecule has 90 valence electrons. The van der Waals surface area contributed by atoms with Gasteiger partial charge >= 0.3 is 0 Å². The zero-order valence-corrected chi connectivity index (χ0v) is 11.3. The van der Waals surface area contributed by atoms with E-state index in [2.05, 4.69) is 32.6 Å². The van der Waals surface area contributed by atoms with Crippen molar-refractivity contribution in [3.8, 4) is 0 Å². The van der Waals surface area contributed by atoms with Crippen LogP contribution in [0.1, 0.15) is 35.2 Å². The van der Waals surface area contributed by atoms with Crippen LogP contribution in [0, 0.1) is 20.8 Å². The van der Waals surface area contributed by atoms with Crippen LogP contribution < -0.4 is 5.32 Å². The number of aromatic nitrogens is 3. The monoisotopic (exact) mass is 248 g/mol. The van der Waals surface area contributed by atoms with Gasteiger partial charge in [0.2, 0.25) is 0 Å². The lowest BCUT2D eigenvalue weighted by atomic mass is 10.3. The first-order chi connectivity index (χ1) is 8.04. The molecule has 17 heavy (non-hydrogen) atoms. The van der Waals surface area contributed by atoms with E-state index in [9.17, 15) is 0 Å². The zero-order valence-electron chi connectivity index (χ0n) is 10.5. The van der Waals surface area contributed by atoms with Gasteiger partial charge in [-0.1, -0.05) is 0 Å². The number of hydrogen-bond donors (Lipinski definition) is 1. The van der Waals surface area contributed by atoms with Crippen molar-refractivity contribution in [2.24, 2.45) is 0 Å². The minimum atomic E-state index is 0.169. The maximum Gasteiger partial charge on any atom is 0.130 e. The number of rotatable bonds is 3. The predicted molar refractivity (Wildman–Crippen MR) is 70.4 cm³/mol. The molecule has 0 saturated carbocycles. The number of hydrogen-bond acceptors (Lipinski definition) is 5. The Balaban J connectivity index is 2.15. The van der Waals surface area contributed by atoms with Gasteiger partial charge in [0.05, 0.1) is 6.04 Å². The average molecular weight is 248 g/mol. The molecule has 2 heterocycles. The second-order valence-electron chi connectivity index (χ2n) is 4.13. The third kappa shape index (κ3) is 3.00. The Hall–Kier alpha value is -1.49. The van der Waals surface area contributed by atoms with Crippen molar-refractivity contribution in [3.63, 3.8) is 0 Å². The van der Waals surface area contributed by atoms with Crippen LogP contribution in [-0.4, -0.2) is 15.0 Å². The summed E-state index contributed by atoms with van der Waals surface area (Å²) in [7, 11) is 0. The van der Waals surface area contributed by atoms with Crippen LogP contribution in [0.15, 0.2) is 11.4 Å². The van der Waals surface area contributed by atoms with E-state index in [1.165, 1.54) is 0 Å². The van der Waals surface area contributed by atoms with E-state index in [0.29, 0.717) is 0 Å². The number of thiazole rings is 1. The summed E-state index contributed by atoms with van der Waals surface area (Å²) < 4.78 is 0. The predicted octanol–water partition coefficient (Wildman–Crippen LogP) is 3.03. The summed E-state index contributed by atoms with van der Waals surface area (Å²) in [5.74, 6) is 1.64. The summed E-state index contributed by atoms with van der Waals surface area (Å²) >= 11 is 1.67. The zero-order chi connectivity index (χ0) is 12.4. The topological polar surface area (TPSA) is 50.7 Å². The molecule has 2 rings (SSSR count). The Morgan fingerprint density at radius 1 is 1.12 bits per heavy atom. The van der Waals surface area contributed by atoms with Crippen LogP contribution >= 0.6 is 11.3 Å². The Morgan fingerprint density at radius 2 is 1.88 bits per heavy atom. The number of anilines is 1. The smallest absolute Gasteiger partial charge is 0.130 e. The van der Waals surface area contributed by atoms with Crippen molar-refractivity contribution in [3.05, 3.63) is 33.7 Å². The molecule has 4 nitrogen and oxygen atoms in total. The minimum Gasteiger partial charge on any atom is -0.361 e. The quantitative estimate of drug-likeness (QED) is 0.907. The van der Waals surface area contributed by atoms with Crippen LogP contribution in [-0.2, 0) is 0 Å². The summed E-state index contributed by atoms with van der Waals surface area (Å²) in [6.45, 7) is 7.96. The number of aryl methyl sites for hydroxylation is 3. The Morgan fingerprint density at radius 3 is 2.47 bits per heavy atom. The Kier molecular flexibility index (Phi) is 3.38. The second-order valence-corrected chi connectivity index (χ2v) is 5.02. The summed E-state index contributed by atoms with van der Waals surface area (Å²) in [5.41, 5.74) is 2.04. The van der Waals surface area contributed by atoms with E-state index in [1.54, 1.807) is 11.3 Å². The molecule has 0 bridgehead atoms. The highest BCUT2D eigenvalue weighted by Crippen LogP contribution is 2.21. The van der Waals surface area contributed by atoms with Crippen molar-refractivity contribution < 1.29 is 0 Å². The van der Waals surface area contributed by atoms with Crippen molar-refractivity contribution in [2.45, 2.75) is 33.7 Å².